The maximum Gasteiger partial charge on any atom is 0.329 e. The lowest BCUT2D eigenvalue weighted by atomic mass is 9.78. The van der Waals surface area contributed by atoms with Crippen LogP contribution in [0.1, 0.15) is 139 Å². The first-order valence-corrected chi connectivity index (χ1v) is 27.3. The van der Waals surface area contributed by atoms with E-state index in [1.165, 1.54) is 28.1 Å². The first-order valence-electron chi connectivity index (χ1n) is 27.3. The van der Waals surface area contributed by atoms with Crippen molar-refractivity contribution >= 4 is 41.2 Å². The number of ketones is 3. The lowest BCUT2D eigenvalue weighted by Crippen LogP contribution is -2.61. The predicted octanol–water partition coefficient (Wildman–Crippen LogP) is 6.29. The van der Waals surface area contributed by atoms with Crippen molar-refractivity contribution in [1.82, 2.24) is 4.90 Å². The summed E-state index contributed by atoms with van der Waals surface area (Å²) in [5.41, 5.74) is -0.297. The summed E-state index contributed by atoms with van der Waals surface area (Å²) >= 11 is 0. The SMILES string of the molecule is CO[C@H]1C[C@@H]2CC[C@@H](C)[C@@](O)(O2)C(=O)C(=O)N2CCCC[C@H]2C(=O)O[C@H]([C@@H](C)C[C@@H]2CC[C@@H](OC(=O)C(C)(CO)COC(C)=O)[C@H](OC)C2)CC(=O)[C@H](C)/C=C(\C)[C@@H](O)[C@@H](OC)C(=O)[C@H](C)C[C@H](C)/C=C/C=C/C=C/1C. The van der Waals surface area contributed by atoms with Crippen molar-refractivity contribution in [2.45, 2.75) is 194 Å². The number of piperidine rings is 1. The number of aliphatic hydroxyl groups is 3. The molecule has 4 aliphatic rings. The molecule has 1 aliphatic carbocycles. The molecule has 18 nitrogen and oxygen atoms in total. The van der Waals surface area contributed by atoms with Gasteiger partial charge in [-0.3, -0.25) is 28.8 Å². The molecule has 1 unspecified atom stereocenters. The second kappa shape index (κ2) is 29.5. The van der Waals surface area contributed by atoms with Crippen LogP contribution in [0.25, 0.3) is 0 Å². The monoisotopic (exact) mass is 1070 g/mol. The molecule has 4 rings (SSSR count). The predicted molar refractivity (Wildman–Crippen MR) is 281 cm³/mol. The Balaban J connectivity index is 1.68. The normalized spacial score (nSPS) is 37.0. The van der Waals surface area contributed by atoms with Crippen LogP contribution in [0, 0.1) is 40.9 Å². The number of rotatable bonds is 11. The Labute approximate surface area is 450 Å². The maximum absolute atomic E-state index is 14.6. The zero-order valence-corrected chi connectivity index (χ0v) is 47.2. The first kappa shape index (κ1) is 64.1. The van der Waals surface area contributed by atoms with E-state index < -0.39 is 120 Å². The molecule has 0 aromatic heterocycles. The summed E-state index contributed by atoms with van der Waals surface area (Å²) in [5, 5.41) is 33.6. The van der Waals surface area contributed by atoms with E-state index in [0.29, 0.717) is 63.4 Å². The highest BCUT2D eigenvalue weighted by molar-refractivity contribution is 6.39. The minimum atomic E-state index is -2.48. The van der Waals surface area contributed by atoms with Crippen molar-refractivity contribution in [3.63, 3.8) is 0 Å². The molecule has 428 valence electrons. The highest BCUT2D eigenvalue weighted by Crippen LogP contribution is 2.39. The van der Waals surface area contributed by atoms with Gasteiger partial charge in [0.15, 0.2) is 5.78 Å². The van der Waals surface area contributed by atoms with E-state index in [1.807, 2.05) is 51.2 Å². The topological polar surface area (TPSA) is 248 Å². The number of methoxy groups -OCH3 is 3. The quantitative estimate of drug-likeness (QED) is 0.0890. The molecule has 1 amide bonds. The van der Waals surface area contributed by atoms with Gasteiger partial charge in [-0.25, -0.2) is 4.79 Å². The smallest absolute Gasteiger partial charge is 0.329 e. The van der Waals surface area contributed by atoms with Gasteiger partial charge in [0, 0.05) is 65.4 Å². The molecule has 3 N–H and O–H groups in total. The summed E-state index contributed by atoms with van der Waals surface area (Å²) in [7, 11) is 4.42. The summed E-state index contributed by atoms with van der Waals surface area (Å²) < 4.78 is 40.7. The molecule has 0 aromatic rings. The Morgan fingerprint density at radius 3 is 2.24 bits per heavy atom. The summed E-state index contributed by atoms with van der Waals surface area (Å²) in [4.78, 5) is 97.4. The second-order valence-corrected chi connectivity index (χ2v) is 22.5. The van der Waals surface area contributed by atoms with E-state index in [1.54, 1.807) is 40.9 Å². The number of hydrogen-bond donors (Lipinski definition) is 3. The van der Waals surface area contributed by atoms with E-state index in [9.17, 15) is 48.9 Å². The molecule has 0 radical (unpaired) electrons. The Bertz CT molecular complexity index is 2130. The summed E-state index contributed by atoms with van der Waals surface area (Å²) in [6, 6.07) is -1.21. The molecule has 76 heavy (non-hydrogen) atoms. The van der Waals surface area contributed by atoms with E-state index in [-0.39, 0.29) is 55.8 Å². The van der Waals surface area contributed by atoms with Crippen LogP contribution in [0.15, 0.2) is 47.6 Å². The molecule has 18 heteroatoms. The minimum absolute atomic E-state index is 0.0130. The Hall–Kier alpha value is -4.43. The van der Waals surface area contributed by atoms with Gasteiger partial charge in [0.25, 0.3) is 11.7 Å². The first-order chi connectivity index (χ1) is 35.8. The number of fused-ring (bicyclic) bond motifs is 3. The molecular formula is C58H89NO17. The van der Waals surface area contributed by atoms with Crippen LogP contribution < -0.4 is 0 Å². The number of nitrogens with zero attached hydrogens (tertiary/aromatic N) is 1. The third kappa shape index (κ3) is 17.0. The van der Waals surface area contributed by atoms with Crippen LogP contribution in [0.5, 0.6) is 0 Å². The lowest BCUT2D eigenvalue weighted by Gasteiger charge is -2.42. The van der Waals surface area contributed by atoms with Crippen molar-refractivity contribution < 1.29 is 82.0 Å². The zero-order valence-electron chi connectivity index (χ0n) is 47.2. The number of aliphatic hydroxyl groups excluding tert-OH is 2. The number of esters is 3. The van der Waals surface area contributed by atoms with Crippen molar-refractivity contribution in [1.29, 1.82) is 0 Å². The molecule has 1 saturated carbocycles. The van der Waals surface area contributed by atoms with Crippen LogP contribution in [-0.2, 0) is 66.7 Å². The molecule has 16 atom stereocenters. The minimum Gasteiger partial charge on any atom is -0.465 e. The molecule has 3 heterocycles. The molecular weight excluding hydrogens is 983 g/mol. The fraction of sp³-hybridized carbons (Fsp3) is 0.741. The van der Waals surface area contributed by atoms with Crippen molar-refractivity contribution in [3.05, 3.63) is 47.6 Å². The molecule has 0 aromatic carbocycles. The zero-order chi connectivity index (χ0) is 56.7. The average molecular weight is 1070 g/mol. The summed E-state index contributed by atoms with van der Waals surface area (Å²) in [6.07, 6.45) is 9.48. The largest absolute Gasteiger partial charge is 0.465 e. The average Bonchev–Trinajstić information content (AvgIpc) is 3.39. The van der Waals surface area contributed by atoms with Gasteiger partial charge in [-0.05, 0) is 114 Å². The van der Waals surface area contributed by atoms with Gasteiger partial charge in [-0.2, -0.15) is 0 Å². The van der Waals surface area contributed by atoms with Crippen molar-refractivity contribution in [3.8, 4) is 0 Å². The highest BCUT2D eigenvalue weighted by Gasteiger charge is 2.53. The number of carbonyl (C=O) groups excluding carboxylic acids is 7. The summed E-state index contributed by atoms with van der Waals surface area (Å²) in [5.74, 6) is -10.1. The highest BCUT2D eigenvalue weighted by atomic mass is 16.6. The number of cyclic esters (lactones) is 1. The second-order valence-electron chi connectivity index (χ2n) is 22.5. The molecule has 2 bridgehead atoms. The van der Waals surface area contributed by atoms with Gasteiger partial charge in [0.1, 0.15) is 48.3 Å². The van der Waals surface area contributed by atoms with Crippen LogP contribution in [0.4, 0.5) is 0 Å². The fourth-order valence-electron chi connectivity index (χ4n) is 10.9. The molecule has 3 aliphatic heterocycles. The van der Waals surface area contributed by atoms with E-state index in [0.717, 1.165) is 10.5 Å². The van der Waals surface area contributed by atoms with Gasteiger partial charge >= 0.3 is 17.9 Å². The lowest BCUT2D eigenvalue weighted by molar-refractivity contribution is -0.265. The Kier molecular flexibility index (Phi) is 24.9. The fourth-order valence-corrected chi connectivity index (χ4v) is 10.9. The van der Waals surface area contributed by atoms with Crippen molar-refractivity contribution in [2.24, 2.45) is 40.9 Å². The van der Waals surface area contributed by atoms with Crippen LogP contribution in [-0.4, -0.2) is 157 Å². The number of allylic oxidation sites excluding steroid dienone is 6. The Morgan fingerprint density at radius 2 is 1.59 bits per heavy atom. The van der Waals surface area contributed by atoms with Gasteiger partial charge < -0.3 is 53.4 Å². The standard InChI is InChI=1S/C58H89NO17/c1-34-18-14-13-15-19-35(2)47(70-10)30-43-23-21-40(7)58(69,76-43)53(65)54(66)59-25-17-16-20-44(59)55(67)74-48(31-45(62)36(3)27-39(6)51(64)52(72-12)50(63)38(5)26-34)37(4)28-42-22-24-46(49(29-42)71-11)75-56(68)57(9,32-60)33-73-41(8)61/h13-15,18-19,27,34,36-38,40,42-44,46-49,51-52,60,64,69H,16-17,20-26,28-33H2,1-12H3/b15-13+,18-14+,35-19+,39-27+/t34-,36-,37+,38-,40-,42+,43+,44+,46-,47+,48+,49-,51-,52+,57?,58-/m1/s1. The number of ether oxygens (including phenoxy) is 7. The number of carbonyl (C=O) groups is 7. The molecule has 3 fully saturated rings. The van der Waals surface area contributed by atoms with Crippen LogP contribution in [0.3, 0.4) is 0 Å². The van der Waals surface area contributed by atoms with Crippen LogP contribution in [0.2, 0.25) is 0 Å². The number of Topliss-reactive ketones (excluding diaryl/α,β-unsaturated/α-hetero) is 3. The molecule has 0 spiro atoms. The van der Waals surface area contributed by atoms with Gasteiger partial charge in [0.05, 0.1) is 24.9 Å². The number of hydrogen-bond acceptors (Lipinski definition) is 17. The Morgan fingerprint density at radius 1 is 0.882 bits per heavy atom. The number of amides is 1. The van der Waals surface area contributed by atoms with Gasteiger partial charge in [-0.15, -0.1) is 0 Å². The molecule has 2 saturated heterocycles. The summed E-state index contributed by atoms with van der Waals surface area (Å²) in [6.45, 7) is 14.2. The van der Waals surface area contributed by atoms with Gasteiger partial charge in [-0.1, -0.05) is 71.1 Å². The maximum atomic E-state index is 14.6. The van der Waals surface area contributed by atoms with Gasteiger partial charge in [0.2, 0.25) is 5.79 Å². The third-order valence-corrected chi connectivity index (χ3v) is 16.1. The third-order valence-electron chi connectivity index (χ3n) is 16.1. The van der Waals surface area contributed by atoms with E-state index in [2.05, 4.69) is 0 Å². The van der Waals surface area contributed by atoms with E-state index in [4.69, 9.17) is 33.2 Å². The van der Waals surface area contributed by atoms with E-state index >= 15 is 0 Å². The van der Waals surface area contributed by atoms with Crippen molar-refractivity contribution in [2.75, 3.05) is 41.1 Å². The van der Waals surface area contributed by atoms with Crippen LogP contribution >= 0.6 is 0 Å².